The zero-order valence-electron chi connectivity index (χ0n) is 18.3. The molecule has 0 spiro atoms. The van der Waals surface area contributed by atoms with Crippen molar-refractivity contribution in [2.24, 2.45) is 5.92 Å². The molecule has 0 amide bonds. The number of halogens is 3. The molecule has 0 nitrogen and oxygen atoms in total. The van der Waals surface area contributed by atoms with Gasteiger partial charge in [0.05, 0.1) is 5.56 Å². The van der Waals surface area contributed by atoms with Crippen LogP contribution in [0.3, 0.4) is 0 Å². The van der Waals surface area contributed by atoms with Crippen LogP contribution in [0.25, 0.3) is 10.8 Å². The first kappa shape index (κ1) is 22.2. The van der Waals surface area contributed by atoms with Crippen molar-refractivity contribution in [1.29, 1.82) is 0 Å². The highest BCUT2D eigenvalue weighted by molar-refractivity contribution is 5.88. The van der Waals surface area contributed by atoms with Gasteiger partial charge < -0.3 is 0 Å². The van der Waals surface area contributed by atoms with Gasteiger partial charge in [-0.05, 0) is 98.6 Å². The van der Waals surface area contributed by atoms with Gasteiger partial charge >= 0.3 is 0 Å². The van der Waals surface area contributed by atoms with E-state index >= 15 is 0 Å². The average Bonchev–Trinajstić information content (AvgIpc) is 2.80. The predicted molar refractivity (Wildman–Crippen MR) is 125 cm³/mol. The van der Waals surface area contributed by atoms with Gasteiger partial charge in [0.15, 0.2) is 11.6 Å². The number of hydrogen-bond acceptors (Lipinski definition) is 0. The van der Waals surface area contributed by atoms with Crippen molar-refractivity contribution in [3.05, 3.63) is 94.8 Å². The summed E-state index contributed by atoms with van der Waals surface area (Å²) in [5.74, 6) is 4.85. The van der Waals surface area contributed by atoms with Gasteiger partial charge in [0.25, 0.3) is 0 Å². The number of benzene rings is 3. The zero-order chi connectivity index (χ0) is 22.5. The summed E-state index contributed by atoms with van der Waals surface area (Å²) in [5.41, 5.74) is 1.90. The maximum absolute atomic E-state index is 14.8. The summed E-state index contributed by atoms with van der Waals surface area (Å²) in [5, 5.41) is 1.08. The topological polar surface area (TPSA) is 0 Å². The Balaban J connectivity index is 1.48. The van der Waals surface area contributed by atoms with Crippen LogP contribution in [0, 0.1) is 35.2 Å². The molecule has 1 saturated carbocycles. The van der Waals surface area contributed by atoms with E-state index in [2.05, 4.69) is 30.9 Å². The Kier molecular flexibility index (Phi) is 7.00. The lowest BCUT2D eigenvalue weighted by Gasteiger charge is -2.28. The second-order valence-electron chi connectivity index (χ2n) is 8.65. The monoisotopic (exact) mass is 432 g/mol. The van der Waals surface area contributed by atoms with E-state index < -0.39 is 11.6 Å². The molecule has 0 unspecified atom stereocenters. The molecule has 3 aromatic carbocycles. The van der Waals surface area contributed by atoms with Crippen LogP contribution in [-0.4, -0.2) is 0 Å². The lowest BCUT2D eigenvalue weighted by atomic mass is 9.77. The van der Waals surface area contributed by atoms with Gasteiger partial charge in [-0.2, -0.15) is 0 Å². The summed E-state index contributed by atoms with van der Waals surface area (Å²) in [7, 11) is 0. The molecule has 0 aromatic heterocycles. The van der Waals surface area contributed by atoms with Gasteiger partial charge in [-0.25, -0.2) is 13.2 Å². The van der Waals surface area contributed by atoms with E-state index in [4.69, 9.17) is 0 Å². The molecular weight excluding hydrogens is 405 g/mol. The summed E-state index contributed by atoms with van der Waals surface area (Å²) >= 11 is 0. The van der Waals surface area contributed by atoms with Gasteiger partial charge in [0, 0.05) is 10.9 Å². The van der Waals surface area contributed by atoms with E-state index in [0.717, 1.165) is 42.9 Å². The molecular formula is C29H27F3. The Bertz CT molecular complexity index is 1190. The minimum Gasteiger partial charge on any atom is -0.206 e. The Hall–Kier alpha value is -2.99. The highest BCUT2D eigenvalue weighted by atomic mass is 19.2. The quantitative estimate of drug-likeness (QED) is 0.287. The van der Waals surface area contributed by atoms with E-state index in [1.54, 1.807) is 30.3 Å². The third kappa shape index (κ3) is 5.07. The molecule has 1 aliphatic carbocycles. The molecule has 0 N–H and O–H groups in total. The minimum atomic E-state index is -0.918. The first-order valence-corrected chi connectivity index (χ1v) is 11.4. The number of hydrogen-bond donors (Lipinski definition) is 0. The van der Waals surface area contributed by atoms with Crippen LogP contribution in [0.5, 0.6) is 0 Å². The second-order valence-corrected chi connectivity index (χ2v) is 8.65. The lowest BCUT2D eigenvalue weighted by Crippen LogP contribution is -2.13. The summed E-state index contributed by atoms with van der Waals surface area (Å²) in [6.45, 7) is 2.06. The number of rotatable bonds is 4. The first-order valence-electron chi connectivity index (χ1n) is 11.4. The summed E-state index contributed by atoms with van der Waals surface area (Å²) < 4.78 is 42.0. The third-order valence-corrected chi connectivity index (χ3v) is 6.54. The van der Waals surface area contributed by atoms with Crippen LogP contribution in [0.4, 0.5) is 13.2 Å². The van der Waals surface area contributed by atoms with Crippen LogP contribution in [-0.2, 0) is 0 Å². The fourth-order valence-corrected chi connectivity index (χ4v) is 4.68. The smallest absolute Gasteiger partial charge is 0.159 e. The summed E-state index contributed by atoms with van der Waals surface area (Å²) in [6.07, 6.45) is 11.3. The van der Waals surface area contributed by atoms with Gasteiger partial charge in [0.2, 0.25) is 0 Å². The predicted octanol–water partition coefficient (Wildman–Crippen LogP) is 8.29. The standard InChI is InChI=1S/C29H27F3/c1-2-3-4-6-20-9-11-21(12-10-20)24-16-15-23(27(30)17-24)14-13-22-7-5-8-25-18-28(31)29(32)19-26(22)25/h2-3,5,7-8,15-21H,4,6,9-12H2,1H3/b3-2+. The molecule has 4 rings (SSSR count). The Morgan fingerprint density at radius 2 is 1.59 bits per heavy atom. The number of allylic oxidation sites excluding steroid dienone is 2. The van der Waals surface area contributed by atoms with Gasteiger partial charge in [-0.15, -0.1) is 0 Å². The van der Waals surface area contributed by atoms with Crippen molar-refractivity contribution < 1.29 is 13.2 Å². The Labute approximate surface area is 188 Å². The summed E-state index contributed by atoms with van der Waals surface area (Å²) in [6, 6.07) is 12.8. The molecule has 0 radical (unpaired) electrons. The van der Waals surface area contributed by atoms with Crippen molar-refractivity contribution in [2.75, 3.05) is 0 Å². The average molecular weight is 433 g/mol. The fourth-order valence-electron chi connectivity index (χ4n) is 4.68. The second kappa shape index (κ2) is 10.1. The fraction of sp³-hybridized carbons (Fsp3) is 0.310. The van der Waals surface area contributed by atoms with E-state index in [9.17, 15) is 13.2 Å². The molecule has 0 saturated heterocycles. The molecule has 3 heteroatoms. The maximum Gasteiger partial charge on any atom is 0.159 e. The highest BCUT2D eigenvalue weighted by Crippen LogP contribution is 2.38. The highest BCUT2D eigenvalue weighted by Gasteiger charge is 2.22. The molecule has 1 aliphatic rings. The van der Waals surface area contributed by atoms with Crippen molar-refractivity contribution >= 4 is 10.8 Å². The summed E-state index contributed by atoms with van der Waals surface area (Å²) in [4.78, 5) is 0. The van der Waals surface area contributed by atoms with Crippen molar-refractivity contribution in [1.82, 2.24) is 0 Å². The molecule has 0 atom stereocenters. The molecule has 0 aliphatic heterocycles. The molecule has 0 heterocycles. The largest absolute Gasteiger partial charge is 0.206 e. The van der Waals surface area contributed by atoms with Crippen molar-refractivity contribution in [3.8, 4) is 11.8 Å². The van der Waals surface area contributed by atoms with E-state index in [1.807, 2.05) is 6.07 Å². The van der Waals surface area contributed by atoms with Gasteiger partial charge in [-0.1, -0.05) is 42.2 Å². The van der Waals surface area contributed by atoms with Gasteiger partial charge in [-0.3, -0.25) is 0 Å². The molecule has 1 fully saturated rings. The Morgan fingerprint density at radius 1 is 0.844 bits per heavy atom. The van der Waals surface area contributed by atoms with Crippen molar-refractivity contribution in [2.45, 2.75) is 51.4 Å². The van der Waals surface area contributed by atoms with E-state index in [0.29, 0.717) is 27.8 Å². The van der Waals surface area contributed by atoms with Crippen LogP contribution in [0.1, 0.15) is 68.1 Å². The Morgan fingerprint density at radius 3 is 2.34 bits per heavy atom. The van der Waals surface area contributed by atoms with Crippen LogP contribution < -0.4 is 0 Å². The van der Waals surface area contributed by atoms with Crippen LogP contribution in [0.15, 0.2) is 60.7 Å². The first-order chi connectivity index (χ1) is 15.5. The molecule has 0 bridgehead atoms. The van der Waals surface area contributed by atoms with Crippen LogP contribution in [0.2, 0.25) is 0 Å². The molecule has 164 valence electrons. The minimum absolute atomic E-state index is 0.313. The molecule has 3 aromatic rings. The third-order valence-electron chi connectivity index (χ3n) is 6.54. The zero-order valence-corrected chi connectivity index (χ0v) is 18.3. The van der Waals surface area contributed by atoms with Crippen LogP contribution >= 0.6 is 0 Å². The molecule has 32 heavy (non-hydrogen) atoms. The van der Waals surface area contributed by atoms with E-state index in [-0.39, 0.29) is 5.82 Å². The van der Waals surface area contributed by atoms with Crippen molar-refractivity contribution in [3.63, 3.8) is 0 Å². The SMILES string of the molecule is C/C=C/CCC1CCC(c2ccc(C#Cc3cccc4cc(F)c(F)cc34)c(F)c2)CC1. The normalized spacial score (nSPS) is 18.6. The maximum atomic E-state index is 14.8. The van der Waals surface area contributed by atoms with E-state index in [1.165, 1.54) is 19.3 Å². The number of fused-ring (bicyclic) bond motifs is 1. The van der Waals surface area contributed by atoms with Gasteiger partial charge in [0.1, 0.15) is 5.82 Å². The lowest BCUT2D eigenvalue weighted by molar-refractivity contribution is 0.311.